The quantitative estimate of drug-likeness (QED) is 0.907. The molecule has 0 aliphatic rings. The van der Waals surface area contributed by atoms with Crippen molar-refractivity contribution < 1.29 is 4.39 Å². The van der Waals surface area contributed by atoms with Crippen molar-refractivity contribution in [3.05, 3.63) is 53.6 Å². The van der Waals surface area contributed by atoms with E-state index in [0.717, 1.165) is 17.5 Å². The molecule has 0 aliphatic carbocycles. The van der Waals surface area contributed by atoms with Gasteiger partial charge in [0.25, 0.3) is 0 Å². The van der Waals surface area contributed by atoms with Crippen LogP contribution in [0.25, 0.3) is 0 Å². The Kier molecular flexibility index (Phi) is 4.63. The molecule has 0 saturated carbocycles. The first-order chi connectivity index (χ1) is 9.54. The minimum absolute atomic E-state index is 0.0985. The fourth-order valence-corrected chi connectivity index (χ4v) is 1.96. The molecule has 106 valence electrons. The average molecular weight is 274 g/mol. The number of benzene rings is 1. The Morgan fingerprint density at radius 1 is 1.15 bits per heavy atom. The van der Waals surface area contributed by atoms with Crippen LogP contribution in [0.15, 0.2) is 36.7 Å². The molecule has 20 heavy (non-hydrogen) atoms. The van der Waals surface area contributed by atoms with Crippen LogP contribution < -0.4 is 10.6 Å². The highest BCUT2D eigenvalue weighted by molar-refractivity contribution is 5.31. The van der Waals surface area contributed by atoms with Crippen LogP contribution in [0.2, 0.25) is 0 Å². The third kappa shape index (κ3) is 3.99. The van der Waals surface area contributed by atoms with E-state index < -0.39 is 0 Å². The molecular formula is C15H19FN4. The van der Waals surface area contributed by atoms with Crippen molar-refractivity contribution in [2.45, 2.75) is 25.9 Å². The number of anilines is 1. The first kappa shape index (κ1) is 14.4. The maximum Gasteiger partial charge on any atom is 0.225 e. The number of rotatable bonds is 5. The summed E-state index contributed by atoms with van der Waals surface area (Å²) in [5.41, 5.74) is 7.78. The largest absolute Gasteiger partial charge is 0.340 e. The van der Waals surface area contributed by atoms with Crippen LogP contribution in [0.3, 0.4) is 0 Å². The summed E-state index contributed by atoms with van der Waals surface area (Å²) in [6.45, 7) is 2.58. The highest BCUT2D eigenvalue weighted by atomic mass is 19.1. The van der Waals surface area contributed by atoms with Crippen molar-refractivity contribution in [2.24, 2.45) is 5.73 Å². The molecule has 1 aromatic heterocycles. The monoisotopic (exact) mass is 274 g/mol. The Morgan fingerprint density at radius 3 is 2.30 bits per heavy atom. The van der Waals surface area contributed by atoms with E-state index in [1.54, 1.807) is 24.5 Å². The number of hydrogen-bond acceptors (Lipinski definition) is 4. The van der Waals surface area contributed by atoms with Gasteiger partial charge in [0.05, 0.1) is 0 Å². The molecule has 2 rings (SSSR count). The van der Waals surface area contributed by atoms with Crippen LogP contribution in [-0.4, -0.2) is 23.1 Å². The molecule has 2 N–H and O–H groups in total. The molecule has 0 fully saturated rings. The lowest BCUT2D eigenvalue weighted by Gasteiger charge is -2.17. The Bertz CT molecular complexity index is 537. The lowest BCUT2D eigenvalue weighted by atomic mass is 10.1. The van der Waals surface area contributed by atoms with Crippen LogP contribution in [0.1, 0.15) is 18.1 Å². The minimum Gasteiger partial charge on any atom is -0.340 e. The fraction of sp³-hybridized carbons (Fsp3) is 0.333. The molecule has 0 spiro atoms. The molecule has 5 heteroatoms. The summed E-state index contributed by atoms with van der Waals surface area (Å²) in [6, 6.07) is 6.53. The third-order valence-electron chi connectivity index (χ3n) is 2.92. The molecule has 0 saturated heterocycles. The van der Waals surface area contributed by atoms with E-state index in [1.165, 1.54) is 12.1 Å². The van der Waals surface area contributed by atoms with Crippen molar-refractivity contribution >= 4 is 5.95 Å². The molecule has 1 heterocycles. The standard InChI is InChI=1S/C15H19FN4/c1-11(17)7-13-8-18-15(19-9-13)20(2)10-12-3-5-14(16)6-4-12/h3-6,8-9,11H,7,10,17H2,1-2H3. The van der Waals surface area contributed by atoms with Gasteiger partial charge in [0.1, 0.15) is 5.82 Å². The molecule has 1 unspecified atom stereocenters. The number of hydrogen-bond donors (Lipinski definition) is 1. The average Bonchev–Trinajstić information content (AvgIpc) is 2.41. The van der Waals surface area contributed by atoms with E-state index in [4.69, 9.17) is 5.73 Å². The topological polar surface area (TPSA) is 55.0 Å². The summed E-state index contributed by atoms with van der Waals surface area (Å²) in [6.07, 6.45) is 4.36. The van der Waals surface area contributed by atoms with Crippen LogP contribution in [-0.2, 0) is 13.0 Å². The summed E-state index contributed by atoms with van der Waals surface area (Å²) in [5.74, 6) is 0.413. The van der Waals surface area contributed by atoms with E-state index in [9.17, 15) is 4.39 Å². The van der Waals surface area contributed by atoms with Crippen LogP contribution in [0, 0.1) is 5.82 Å². The van der Waals surface area contributed by atoms with Gasteiger partial charge in [-0.2, -0.15) is 0 Å². The van der Waals surface area contributed by atoms with Gasteiger partial charge >= 0.3 is 0 Å². The molecule has 2 aromatic rings. The van der Waals surface area contributed by atoms with Gasteiger partial charge in [0.2, 0.25) is 5.95 Å². The highest BCUT2D eigenvalue weighted by Gasteiger charge is 2.06. The Balaban J connectivity index is 2.01. The number of nitrogens with zero attached hydrogens (tertiary/aromatic N) is 3. The second kappa shape index (κ2) is 6.43. The van der Waals surface area contributed by atoms with Crippen LogP contribution >= 0.6 is 0 Å². The highest BCUT2D eigenvalue weighted by Crippen LogP contribution is 2.11. The predicted octanol–water partition coefficient (Wildman–Crippen LogP) is 2.14. The Hall–Kier alpha value is -2.01. The van der Waals surface area contributed by atoms with Crippen molar-refractivity contribution in [3.63, 3.8) is 0 Å². The molecule has 0 aliphatic heterocycles. The zero-order valence-electron chi connectivity index (χ0n) is 11.8. The lowest BCUT2D eigenvalue weighted by Crippen LogP contribution is -2.20. The van der Waals surface area contributed by atoms with Gasteiger partial charge in [-0.05, 0) is 36.6 Å². The number of aromatic nitrogens is 2. The second-order valence-corrected chi connectivity index (χ2v) is 5.06. The van der Waals surface area contributed by atoms with E-state index in [1.807, 2.05) is 18.9 Å². The van der Waals surface area contributed by atoms with Crippen molar-refractivity contribution in [1.29, 1.82) is 0 Å². The fourth-order valence-electron chi connectivity index (χ4n) is 1.96. The van der Waals surface area contributed by atoms with Crippen molar-refractivity contribution in [2.75, 3.05) is 11.9 Å². The molecule has 0 bridgehead atoms. The maximum atomic E-state index is 12.8. The predicted molar refractivity (Wildman–Crippen MR) is 77.9 cm³/mol. The second-order valence-electron chi connectivity index (χ2n) is 5.06. The molecular weight excluding hydrogens is 255 g/mol. The zero-order valence-corrected chi connectivity index (χ0v) is 11.8. The molecule has 1 atom stereocenters. The van der Waals surface area contributed by atoms with Crippen LogP contribution in [0.5, 0.6) is 0 Å². The zero-order chi connectivity index (χ0) is 14.5. The van der Waals surface area contributed by atoms with Gasteiger partial charge in [0.15, 0.2) is 0 Å². The lowest BCUT2D eigenvalue weighted by molar-refractivity contribution is 0.627. The van der Waals surface area contributed by atoms with Crippen molar-refractivity contribution in [3.8, 4) is 0 Å². The summed E-state index contributed by atoms with van der Waals surface area (Å²) in [4.78, 5) is 10.6. The minimum atomic E-state index is -0.229. The van der Waals surface area contributed by atoms with Gasteiger partial charge in [-0.3, -0.25) is 0 Å². The van der Waals surface area contributed by atoms with Crippen molar-refractivity contribution in [1.82, 2.24) is 9.97 Å². The molecule has 1 aromatic carbocycles. The SMILES string of the molecule is CC(N)Cc1cnc(N(C)Cc2ccc(F)cc2)nc1. The molecule has 0 amide bonds. The normalized spacial score (nSPS) is 12.2. The van der Waals surface area contributed by atoms with Gasteiger partial charge in [-0.15, -0.1) is 0 Å². The number of nitrogens with two attached hydrogens (primary N) is 1. The summed E-state index contributed by atoms with van der Waals surface area (Å²) >= 11 is 0. The van der Waals surface area contributed by atoms with Gasteiger partial charge in [-0.25, -0.2) is 14.4 Å². The van der Waals surface area contributed by atoms with Gasteiger partial charge < -0.3 is 10.6 Å². The number of halogens is 1. The Morgan fingerprint density at radius 2 is 1.75 bits per heavy atom. The molecule has 4 nitrogen and oxygen atoms in total. The van der Waals surface area contributed by atoms with Crippen LogP contribution in [0.4, 0.5) is 10.3 Å². The first-order valence-corrected chi connectivity index (χ1v) is 6.56. The summed E-state index contributed by atoms with van der Waals surface area (Å²) < 4.78 is 12.8. The molecule has 0 radical (unpaired) electrons. The summed E-state index contributed by atoms with van der Waals surface area (Å²) in [7, 11) is 1.91. The maximum absolute atomic E-state index is 12.8. The van der Waals surface area contributed by atoms with Gasteiger partial charge in [0, 0.05) is 32.0 Å². The Labute approximate surface area is 118 Å². The smallest absolute Gasteiger partial charge is 0.225 e. The van der Waals surface area contributed by atoms with E-state index >= 15 is 0 Å². The van der Waals surface area contributed by atoms with E-state index in [-0.39, 0.29) is 11.9 Å². The van der Waals surface area contributed by atoms with Gasteiger partial charge in [-0.1, -0.05) is 12.1 Å². The van der Waals surface area contributed by atoms with E-state index in [2.05, 4.69) is 9.97 Å². The summed E-state index contributed by atoms with van der Waals surface area (Å²) in [5, 5.41) is 0. The first-order valence-electron chi connectivity index (χ1n) is 6.56. The van der Waals surface area contributed by atoms with E-state index in [0.29, 0.717) is 12.5 Å². The third-order valence-corrected chi connectivity index (χ3v) is 2.92.